The van der Waals surface area contributed by atoms with Crippen molar-refractivity contribution in [2.75, 3.05) is 6.61 Å². The maximum atomic E-state index is 8.60. The van der Waals surface area contributed by atoms with Crippen LogP contribution in [0.15, 0.2) is 5.38 Å². The minimum absolute atomic E-state index is 0.00121. The van der Waals surface area contributed by atoms with Gasteiger partial charge in [0.1, 0.15) is 0 Å². The van der Waals surface area contributed by atoms with Crippen molar-refractivity contribution >= 4 is 11.3 Å². The van der Waals surface area contributed by atoms with Gasteiger partial charge in [0.15, 0.2) is 0 Å². The molecule has 0 aliphatic rings. The molecule has 0 spiro atoms. The third-order valence-electron chi connectivity index (χ3n) is 1.36. The predicted octanol–water partition coefficient (Wildman–Crippen LogP) is 0.698. The van der Waals surface area contributed by atoms with Crippen LogP contribution in [0.2, 0.25) is 0 Å². The van der Waals surface area contributed by atoms with E-state index in [9.17, 15) is 0 Å². The zero-order valence-corrected chi connectivity index (χ0v) is 7.27. The molecule has 1 unspecified atom stereocenters. The third-order valence-corrected chi connectivity index (χ3v) is 2.29. The number of nitrogens with two attached hydrogens (primary N) is 1. The van der Waals surface area contributed by atoms with Gasteiger partial charge >= 0.3 is 0 Å². The molecule has 1 atom stereocenters. The minimum Gasteiger partial charge on any atom is -0.396 e. The number of nitrogens with zero attached hydrogens (tertiary/aromatic N) is 1. The van der Waals surface area contributed by atoms with Gasteiger partial charge in [-0.1, -0.05) is 0 Å². The van der Waals surface area contributed by atoms with Gasteiger partial charge < -0.3 is 10.8 Å². The van der Waals surface area contributed by atoms with Gasteiger partial charge in [-0.2, -0.15) is 0 Å². The first-order chi connectivity index (χ1) is 5.24. The topological polar surface area (TPSA) is 59.1 Å². The van der Waals surface area contributed by atoms with E-state index in [1.807, 2.05) is 12.3 Å². The Morgan fingerprint density at radius 3 is 3.00 bits per heavy atom. The van der Waals surface area contributed by atoms with Crippen molar-refractivity contribution in [3.8, 4) is 0 Å². The Balaban J connectivity index is 2.66. The first-order valence-corrected chi connectivity index (χ1v) is 4.42. The van der Waals surface area contributed by atoms with Crippen LogP contribution < -0.4 is 5.73 Å². The number of hydrogen-bond donors (Lipinski definition) is 2. The molecule has 3 nitrogen and oxygen atoms in total. The molecule has 3 N–H and O–H groups in total. The maximum absolute atomic E-state index is 8.60. The molecule has 0 aliphatic heterocycles. The molecule has 0 aromatic carbocycles. The normalized spacial score (nSPS) is 13.4. The number of hydrogen-bond acceptors (Lipinski definition) is 4. The lowest BCUT2D eigenvalue weighted by molar-refractivity contribution is 0.299. The van der Waals surface area contributed by atoms with E-state index in [4.69, 9.17) is 10.8 Å². The third kappa shape index (κ3) is 2.25. The summed E-state index contributed by atoms with van der Waals surface area (Å²) in [6.45, 7) is 2.06. The highest BCUT2D eigenvalue weighted by Gasteiger charge is 2.04. The molecule has 0 aliphatic carbocycles. The summed E-state index contributed by atoms with van der Waals surface area (Å²) in [6, 6.07) is -0.00121. The van der Waals surface area contributed by atoms with Gasteiger partial charge in [0.25, 0.3) is 0 Å². The van der Waals surface area contributed by atoms with Crippen molar-refractivity contribution in [2.24, 2.45) is 5.73 Å². The Kier molecular flexibility index (Phi) is 2.99. The molecule has 0 fully saturated rings. The molecule has 62 valence electrons. The van der Waals surface area contributed by atoms with Gasteiger partial charge in [-0.25, -0.2) is 4.98 Å². The lowest BCUT2D eigenvalue weighted by Crippen LogP contribution is -2.05. The SMILES string of the molecule is CC(N)c1csc(CCO)n1. The zero-order valence-electron chi connectivity index (χ0n) is 6.45. The Labute approximate surface area is 69.9 Å². The number of aliphatic hydroxyl groups is 1. The highest BCUT2D eigenvalue weighted by atomic mass is 32.1. The van der Waals surface area contributed by atoms with Crippen molar-refractivity contribution in [1.29, 1.82) is 0 Å². The van der Waals surface area contributed by atoms with Crippen LogP contribution in [-0.4, -0.2) is 16.7 Å². The van der Waals surface area contributed by atoms with Crippen LogP contribution >= 0.6 is 11.3 Å². The summed E-state index contributed by atoms with van der Waals surface area (Å²) in [5.41, 5.74) is 6.52. The zero-order chi connectivity index (χ0) is 8.27. The number of aromatic nitrogens is 1. The second-order valence-electron chi connectivity index (χ2n) is 2.43. The Bertz CT molecular complexity index is 222. The van der Waals surface area contributed by atoms with Crippen LogP contribution in [0.1, 0.15) is 23.7 Å². The molecule has 0 amide bonds. The van der Waals surface area contributed by atoms with E-state index in [0.29, 0.717) is 6.42 Å². The number of aliphatic hydroxyl groups excluding tert-OH is 1. The van der Waals surface area contributed by atoms with Gasteiger partial charge in [-0.3, -0.25) is 0 Å². The molecule has 11 heavy (non-hydrogen) atoms. The monoisotopic (exact) mass is 172 g/mol. The second-order valence-corrected chi connectivity index (χ2v) is 3.37. The lowest BCUT2D eigenvalue weighted by atomic mass is 10.3. The van der Waals surface area contributed by atoms with Crippen molar-refractivity contribution in [3.05, 3.63) is 16.1 Å². The molecular formula is C7H12N2OS. The fourth-order valence-electron chi connectivity index (χ4n) is 0.745. The molecule has 1 heterocycles. The Hall–Kier alpha value is -0.450. The largest absolute Gasteiger partial charge is 0.396 e. The quantitative estimate of drug-likeness (QED) is 0.705. The first-order valence-electron chi connectivity index (χ1n) is 3.54. The molecule has 0 radical (unpaired) electrons. The summed E-state index contributed by atoms with van der Waals surface area (Å²) in [4.78, 5) is 4.23. The summed E-state index contributed by atoms with van der Waals surface area (Å²) >= 11 is 1.55. The van der Waals surface area contributed by atoms with Crippen LogP contribution in [0.4, 0.5) is 0 Å². The van der Waals surface area contributed by atoms with E-state index < -0.39 is 0 Å². The lowest BCUT2D eigenvalue weighted by Gasteiger charge is -1.96. The Morgan fingerprint density at radius 1 is 1.82 bits per heavy atom. The van der Waals surface area contributed by atoms with Crippen LogP contribution in [0.25, 0.3) is 0 Å². The van der Waals surface area contributed by atoms with Crippen molar-refractivity contribution in [1.82, 2.24) is 4.98 Å². The van der Waals surface area contributed by atoms with Gasteiger partial charge in [0, 0.05) is 24.4 Å². The van der Waals surface area contributed by atoms with Crippen molar-refractivity contribution < 1.29 is 5.11 Å². The number of thiazole rings is 1. The minimum atomic E-state index is -0.00121. The van der Waals surface area contributed by atoms with Gasteiger partial charge in [-0.15, -0.1) is 11.3 Å². The molecule has 0 saturated heterocycles. The van der Waals surface area contributed by atoms with Crippen LogP contribution in [0, 0.1) is 0 Å². The van der Waals surface area contributed by atoms with Crippen molar-refractivity contribution in [3.63, 3.8) is 0 Å². The maximum Gasteiger partial charge on any atom is 0.0951 e. The molecule has 1 aromatic heterocycles. The average Bonchev–Trinajstić information content (AvgIpc) is 2.37. The van der Waals surface area contributed by atoms with Crippen LogP contribution in [-0.2, 0) is 6.42 Å². The second kappa shape index (κ2) is 3.80. The van der Waals surface area contributed by atoms with E-state index in [1.165, 1.54) is 0 Å². The van der Waals surface area contributed by atoms with Crippen LogP contribution in [0.3, 0.4) is 0 Å². The summed E-state index contributed by atoms with van der Waals surface area (Å²) in [6.07, 6.45) is 0.636. The Morgan fingerprint density at radius 2 is 2.55 bits per heavy atom. The fraction of sp³-hybridized carbons (Fsp3) is 0.571. The summed E-state index contributed by atoms with van der Waals surface area (Å²) in [5.74, 6) is 0. The van der Waals surface area contributed by atoms with E-state index in [2.05, 4.69) is 4.98 Å². The summed E-state index contributed by atoms with van der Waals surface area (Å²) in [7, 11) is 0. The molecule has 0 saturated carbocycles. The highest BCUT2D eigenvalue weighted by Crippen LogP contribution is 2.14. The van der Waals surface area contributed by atoms with Gasteiger partial charge in [-0.05, 0) is 6.92 Å². The van der Waals surface area contributed by atoms with Gasteiger partial charge in [0.05, 0.1) is 10.7 Å². The molecule has 4 heteroatoms. The predicted molar refractivity (Wildman–Crippen MR) is 45.5 cm³/mol. The van der Waals surface area contributed by atoms with E-state index in [-0.39, 0.29) is 12.6 Å². The standard InChI is InChI=1S/C7H12N2OS/c1-5(8)6-4-11-7(9-6)2-3-10/h4-5,10H,2-3,8H2,1H3. The average molecular weight is 172 g/mol. The van der Waals surface area contributed by atoms with Crippen molar-refractivity contribution in [2.45, 2.75) is 19.4 Å². The van der Waals surface area contributed by atoms with Gasteiger partial charge in [0.2, 0.25) is 0 Å². The van der Waals surface area contributed by atoms with E-state index in [0.717, 1.165) is 10.7 Å². The first kappa shape index (κ1) is 8.64. The number of rotatable bonds is 3. The van der Waals surface area contributed by atoms with Crippen LogP contribution in [0.5, 0.6) is 0 Å². The molecular weight excluding hydrogens is 160 g/mol. The summed E-state index contributed by atoms with van der Waals surface area (Å²) < 4.78 is 0. The molecule has 1 aromatic rings. The molecule has 0 bridgehead atoms. The fourth-order valence-corrected chi connectivity index (χ4v) is 1.64. The molecule has 1 rings (SSSR count). The van der Waals surface area contributed by atoms with E-state index in [1.54, 1.807) is 11.3 Å². The summed E-state index contributed by atoms with van der Waals surface area (Å²) in [5, 5.41) is 11.5. The van der Waals surface area contributed by atoms with E-state index >= 15 is 0 Å². The smallest absolute Gasteiger partial charge is 0.0951 e. The highest BCUT2D eigenvalue weighted by molar-refractivity contribution is 7.09.